The highest BCUT2D eigenvalue weighted by Crippen LogP contribution is 2.18. The molecule has 138 valence electrons. The van der Waals surface area contributed by atoms with E-state index in [1.54, 1.807) is 31.2 Å². The summed E-state index contributed by atoms with van der Waals surface area (Å²) >= 11 is 5.84. The van der Waals surface area contributed by atoms with Crippen LogP contribution in [0, 0.1) is 0 Å². The van der Waals surface area contributed by atoms with Crippen LogP contribution in [0.5, 0.6) is 5.75 Å². The highest BCUT2D eigenvalue weighted by molar-refractivity contribution is 6.30. The first kappa shape index (κ1) is 18.5. The molecule has 1 saturated heterocycles. The number of nitrogens with zero attached hydrogens (tertiary/aromatic N) is 1. The Labute approximate surface area is 158 Å². The van der Waals surface area contributed by atoms with Crippen LogP contribution in [-0.2, 0) is 16.1 Å². The summed E-state index contributed by atoms with van der Waals surface area (Å²) in [6, 6.07) is 15.2. The molecule has 1 N–H and O–H groups in total. The highest BCUT2D eigenvalue weighted by atomic mass is 35.5. The standard InChI is InChI=1S/C20H23ClN2O3/c1-15(26-19-8-4-17(21)5-9-19)20(24)22-14-16-2-6-18(7-3-16)23-10-12-25-13-11-23/h2-9,15H,10-14H2,1H3,(H,22,24). The molecule has 1 unspecified atom stereocenters. The maximum absolute atomic E-state index is 12.2. The van der Waals surface area contributed by atoms with Gasteiger partial charge in [0.15, 0.2) is 6.10 Å². The zero-order valence-corrected chi connectivity index (χ0v) is 15.5. The maximum atomic E-state index is 12.2. The van der Waals surface area contributed by atoms with Crippen molar-refractivity contribution in [1.82, 2.24) is 5.32 Å². The third-order valence-corrected chi connectivity index (χ3v) is 4.53. The Kier molecular flexibility index (Phi) is 6.36. The van der Waals surface area contributed by atoms with Gasteiger partial charge in [0.05, 0.1) is 13.2 Å². The monoisotopic (exact) mass is 374 g/mol. The van der Waals surface area contributed by atoms with Crippen LogP contribution in [-0.4, -0.2) is 38.3 Å². The lowest BCUT2D eigenvalue weighted by Crippen LogP contribution is -2.36. The number of carbonyl (C=O) groups excluding carboxylic acids is 1. The van der Waals surface area contributed by atoms with E-state index < -0.39 is 6.10 Å². The van der Waals surface area contributed by atoms with Crippen LogP contribution in [0.2, 0.25) is 5.02 Å². The number of hydrogen-bond donors (Lipinski definition) is 1. The predicted octanol–water partition coefficient (Wildman–Crippen LogP) is 3.26. The van der Waals surface area contributed by atoms with E-state index in [-0.39, 0.29) is 5.91 Å². The molecule has 0 saturated carbocycles. The van der Waals surface area contributed by atoms with Gasteiger partial charge in [0, 0.05) is 30.3 Å². The normalized spacial score (nSPS) is 15.4. The molecule has 1 aliphatic rings. The van der Waals surface area contributed by atoms with E-state index in [0.717, 1.165) is 31.9 Å². The van der Waals surface area contributed by atoms with Gasteiger partial charge in [-0.15, -0.1) is 0 Å². The molecule has 1 aliphatic heterocycles. The minimum Gasteiger partial charge on any atom is -0.481 e. The van der Waals surface area contributed by atoms with E-state index in [0.29, 0.717) is 17.3 Å². The second-order valence-electron chi connectivity index (χ2n) is 6.20. The second kappa shape index (κ2) is 8.92. The fourth-order valence-electron chi connectivity index (χ4n) is 2.75. The van der Waals surface area contributed by atoms with Gasteiger partial charge < -0.3 is 19.7 Å². The van der Waals surface area contributed by atoms with Crippen LogP contribution in [0.4, 0.5) is 5.69 Å². The van der Waals surface area contributed by atoms with Gasteiger partial charge >= 0.3 is 0 Å². The molecule has 0 spiro atoms. The van der Waals surface area contributed by atoms with Gasteiger partial charge in [0.2, 0.25) is 0 Å². The van der Waals surface area contributed by atoms with Gasteiger partial charge in [0.25, 0.3) is 5.91 Å². The fraction of sp³-hybridized carbons (Fsp3) is 0.350. The van der Waals surface area contributed by atoms with E-state index >= 15 is 0 Å². The number of anilines is 1. The molecular weight excluding hydrogens is 352 g/mol. The smallest absolute Gasteiger partial charge is 0.261 e. The molecule has 1 heterocycles. The van der Waals surface area contributed by atoms with Crippen LogP contribution >= 0.6 is 11.6 Å². The minimum absolute atomic E-state index is 0.155. The summed E-state index contributed by atoms with van der Waals surface area (Å²) in [4.78, 5) is 14.5. The van der Waals surface area contributed by atoms with Crippen LogP contribution in [0.1, 0.15) is 12.5 Å². The van der Waals surface area contributed by atoms with E-state index in [1.165, 1.54) is 5.69 Å². The van der Waals surface area contributed by atoms with Crippen molar-refractivity contribution >= 4 is 23.2 Å². The molecule has 26 heavy (non-hydrogen) atoms. The number of ether oxygens (including phenoxy) is 2. The van der Waals surface area contributed by atoms with Crippen LogP contribution in [0.25, 0.3) is 0 Å². The fourth-order valence-corrected chi connectivity index (χ4v) is 2.88. The molecule has 1 atom stereocenters. The summed E-state index contributed by atoms with van der Waals surface area (Å²) < 4.78 is 11.0. The van der Waals surface area contributed by atoms with Gasteiger partial charge in [-0.25, -0.2) is 0 Å². The third-order valence-electron chi connectivity index (χ3n) is 4.28. The Bertz CT molecular complexity index is 713. The number of amides is 1. The maximum Gasteiger partial charge on any atom is 0.261 e. The van der Waals surface area contributed by atoms with Crippen LogP contribution in [0.15, 0.2) is 48.5 Å². The van der Waals surface area contributed by atoms with Crippen LogP contribution < -0.4 is 15.0 Å². The Morgan fingerprint density at radius 3 is 2.46 bits per heavy atom. The molecule has 5 nitrogen and oxygen atoms in total. The molecule has 0 aliphatic carbocycles. The zero-order chi connectivity index (χ0) is 18.4. The second-order valence-corrected chi connectivity index (χ2v) is 6.63. The molecule has 1 amide bonds. The van der Waals surface area contributed by atoms with Gasteiger partial charge in [-0.2, -0.15) is 0 Å². The zero-order valence-electron chi connectivity index (χ0n) is 14.8. The molecule has 1 fully saturated rings. The van der Waals surface area contributed by atoms with Gasteiger partial charge in [0.1, 0.15) is 5.75 Å². The molecule has 0 radical (unpaired) electrons. The summed E-state index contributed by atoms with van der Waals surface area (Å²) in [5.74, 6) is 0.462. The van der Waals surface area contributed by atoms with E-state index in [2.05, 4.69) is 22.3 Å². The third kappa shape index (κ3) is 5.13. The van der Waals surface area contributed by atoms with Crippen molar-refractivity contribution in [3.8, 4) is 5.75 Å². The molecule has 0 bridgehead atoms. The molecule has 6 heteroatoms. The lowest BCUT2D eigenvalue weighted by Gasteiger charge is -2.28. The predicted molar refractivity (Wildman–Crippen MR) is 103 cm³/mol. The van der Waals surface area contributed by atoms with Crippen molar-refractivity contribution in [2.75, 3.05) is 31.2 Å². The van der Waals surface area contributed by atoms with Crippen molar-refractivity contribution < 1.29 is 14.3 Å². The highest BCUT2D eigenvalue weighted by Gasteiger charge is 2.15. The SMILES string of the molecule is CC(Oc1ccc(Cl)cc1)C(=O)NCc1ccc(N2CCOCC2)cc1. The van der Waals surface area contributed by atoms with Crippen LogP contribution in [0.3, 0.4) is 0 Å². The number of morpholine rings is 1. The lowest BCUT2D eigenvalue weighted by molar-refractivity contribution is -0.127. The topological polar surface area (TPSA) is 50.8 Å². The summed E-state index contributed by atoms with van der Waals surface area (Å²) in [6.07, 6.45) is -0.580. The Morgan fingerprint density at radius 2 is 1.81 bits per heavy atom. The molecular formula is C20H23ClN2O3. The quantitative estimate of drug-likeness (QED) is 0.843. The Balaban J connectivity index is 1.48. The molecule has 0 aromatic heterocycles. The number of benzene rings is 2. The Morgan fingerprint density at radius 1 is 1.15 bits per heavy atom. The number of hydrogen-bond acceptors (Lipinski definition) is 4. The number of halogens is 1. The molecule has 3 rings (SSSR count). The van der Waals surface area contributed by atoms with Crippen molar-refractivity contribution in [1.29, 1.82) is 0 Å². The first-order valence-corrected chi connectivity index (χ1v) is 9.11. The average molecular weight is 375 g/mol. The van der Waals surface area contributed by atoms with Crippen molar-refractivity contribution in [3.63, 3.8) is 0 Å². The van der Waals surface area contributed by atoms with Crippen molar-refractivity contribution in [3.05, 3.63) is 59.1 Å². The lowest BCUT2D eigenvalue weighted by atomic mass is 10.2. The number of carbonyl (C=O) groups is 1. The van der Waals surface area contributed by atoms with Gasteiger partial charge in [-0.3, -0.25) is 4.79 Å². The minimum atomic E-state index is -0.580. The van der Waals surface area contributed by atoms with E-state index in [4.69, 9.17) is 21.1 Å². The average Bonchev–Trinajstić information content (AvgIpc) is 2.69. The first-order chi connectivity index (χ1) is 12.6. The van der Waals surface area contributed by atoms with E-state index in [9.17, 15) is 4.79 Å². The van der Waals surface area contributed by atoms with E-state index in [1.807, 2.05) is 12.1 Å². The summed E-state index contributed by atoms with van der Waals surface area (Å²) in [5.41, 5.74) is 2.23. The van der Waals surface area contributed by atoms with Crippen molar-refractivity contribution in [2.24, 2.45) is 0 Å². The molecule has 2 aromatic rings. The van der Waals surface area contributed by atoms with Gasteiger partial charge in [-0.1, -0.05) is 23.7 Å². The number of nitrogens with one attached hydrogen (secondary N) is 1. The first-order valence-electron chi connectivity index (χ1n) is 8.73. The number of rotatable bonds is 6. The largest absolute Gasteiger partial charge is 0.481 e. The Hall–Kier alpha value is -2.24. The summed E-state index contributed by atoms with van der Waals surface area (Å²) in [5, 5.41) is 3.54. The molecule has 2 aromatic carbocycles. The van der Waals surface area contributed by atoms with Crippen molar-refractivity contribution in [2.45, 2.75) is 19.6 Å². The summed E-state index contributed by atoms with van der Waals surface area (Å²) in [7, 11) is 0. The summed E-state index contributed by atoms with van der Waals surface area (Å²) in [6.45, 7) is 5.56. The van der Waals surface area contributed by atoms with Gasteiger partial charge in [-0.05, 0) is 48.9 Å².